The minimum atomic E-state index is -3.28. The molecule has 148 valence electrons. The molecule has 0 spiro atoms. The van der Waals surface area contributed by atoms with Gasteiger partial charge >= 0.3 is 5.97 Å². The lowest BCUT2D eigenvalue weighted by molar-refractivity contribution is 0.0529. The molecule has 0 saturated carbocycles. The fraction of sp³-hybridized carbons (Fsp3) is 0.143. The SMILES string of the molecule is CCOC(=O)c1c[nH]c2c(=O)[nH]c3ccc(-c4ccc(S(C)(=O)=O)cc4)cc3c12. The summed E-state index contributed by atoms with van der Waals surface area (Å²) in [7, 11) is -3.28. The number of esters is 1. The van der Waals surface area contributed by atoms with Gasteiger partial charge in [-0.1, -0.05) is 18.2 Å². The van der Waals surface area contributed by atoms with Gasteiger partial charge in [0, 0.05) is 28.7 Å². The Morgan fingerprint density at radius 1 is 1.07 bits per heavy atom. The third kappa shape index (κ3) is 3.31. The predicted octanol–water partition coefficient (Wildman–Crippen LogP) is 3.26. The quantitative estimate of drug-likeness (QED) is 0.502. The molecule has 2 N–H and O–H groups in total. The maximum atomic E-state index is 12.4. The van der Waals surface area contributed by atoms with Crippen molar-refractivity contribution in [1.29, 1.82) is 0 Å². The number of nitrogens with one attached hydrogen (secondary N) is 2. The Morgan fingerprint density at radius 2 is 1.76 bits per heavy atom. The Kier molecular flexibility index (Phi) is 4.50. The number of hydrogen-bond donors (Lipinski definition) is 2. The van der Waals surface area contributed by atoms with Crippen LogP contribution in [-0.4, -0.2) is 37.2 Å². The number of fused-ring (bicyclic) bond motifs is 3. The number of benzene rings is 2. The van der Waals surface area contributed by atoms with Crippen molar-refractivity contribution in [3.05, 3.63) is 64.6 Å². The Morgan fingerprint density at radius 3 is 2.41 bits per heavy atom. The van der Waals surface area contributed by atoms with Crippen molar-refractivity contribution < 1.29 is 17.9 Å². The fourth-order valence-electron chi connectivity index (χ4n) is 3.37. The van der Waals surface area contributed by atoms with Gasteiger partial charge in [0.25, 0.3) is 5.56 Å². The number of aromatic amines is 2. The predicted molar refractivity (Wildman–Crippen MR) is 111 cm³/mol. The maximum Gasteiger partial charge on any atom is 0.340 e. The van der Waals surface area contributed by atoms with Gasteiger partial charge in [0.1, 0.15) is 5.52 Å². The van der Waals surface area contributed by atoms with Gasteiger partial charge in [0.15, 0.2) is 9.84 Å². The Hall–Kier alpha value is -3.39. The third-order valence-corrected chi connectivity index (χ3v) is 5.88. The highest BCUT2D eigenvalue weighted by Crippen LogP contribution is 2.30. The van der Waals surface area contributed by atoms with Gasteiger partial charge in [-0.2, -0.15) is 0 Å². The number of rotatable bonds is 4. The van der Waals surface area contributed by atoms with Crippen molar-refractivity contribution >= 4 is 37.6 Å². The van der Waals surface area contributed by atoms with Crippen molar-refractivity contribution in [2.45, 2.75) is 11.8 Å². The summed E-state index contributed by atoms with van der Waals surface area (Å²) in [5.74, 6) is -0.506. The van der Waals surface area contributed by atoms with Crippen LogP contribution in [0.15, 0.2) is 58.4 Å². The first kappa shape index (κ1) is 18.9. The third-order valence-electron chi connectivity index (χ3n) is 4.76. The minimum Gasteiger partial charge on any atom is -0.462 e. The van der Waals surface area contributed by atoms with Crippen LogP contribution < -0.4 is 5.56 Å². The molecule has 0 atom stereocenters. The van der Waals surface area contributed by atoms with Crippen molar-refractivity contribution in [3.8, 4) is 11.1 Å². The largest absolute Gasteiger partial charge is 0.462 e. The second-order valence-electron chi connectivity index (χ2n) is 6.68. The topological polar surface area (TPSA) is 109 Å². The highest BCUT2D eigenvalue weighted by molar-refractivity contribution is 7.90. The van der Waals surface area contributed by atoms with E-state index in [-0.39, 0.29) is 17.1 Å². The Balaban J connectivity index is 1.94. The summed E-state index contributed by atoms with van der Waals surface area (Å²) in [6.45, 7) is 1.94. The van der Waals surface area contributed by atoms with E-state index in [9.17, 15) is 18.0 Å². The average Bonchev–Trinajstić information content (AvgIpc) is 3.14. The maximum absolute atomic E-state index is 12.4. The van der Waals surface area contributed by atoms with Crippen LogP contribution in [0.25, 0.3) is 32.9 Å². The lowest BCUT2D eigenvalue weighted by atomic mass is 10.0. The van der Waals surface area contributed by atoms with E-state index >= 15 is 0 Å². The first-order valence-electron chi connectivity index (χ1n) is 8.94. The van der Waals surface area contributed by atoms with Crippen molar-refractivity contribution in [2.75, 3.05) is 12.9 Å². The molecule has 2 aromatic carbocycles. The molecular formula is C21H18N2O5S. The molecule has 2 heterocycles. The van der Waals surface area contributed by atoms with Crippen molar-refractivity contribution in [3.63, 3.8) is 0 Å². The molecule has 0 radical (unpaired) electrons. The summed E-state index contributed by atoms with van der Waals surface area (Å²) in [5.41, 5.74) is 2.49. The number of carbonyl (C=O) groups is 1. The first-order chi connectivity index (χ1) is 13.8. The molecule has 0 aliphatic rings. The molecule has 0 aliphatic heterocycles. The number of sulfone groups is 1. The number of aromatic nitrogens is 2. The standard InChI is InChI=1S/C21H18N2O5S/c1-3-28-21(25)16-11-22-19-18(16)15-10-13(6-9-17(15)23-20(19)24)12-4-7-14(8-5-12)29(2,26)27/h4-11,22H,3H2,1-2H3,(H,23,24). The van der Waals surface area contributed by atoms with Gasteiger partial charge in [-0.3, -0.25) is 4.79 Å². The molecule has 0 aliphatic carbocycles. The summed E-state index contributed by atoms with van der Waals surface area (Å²) >= 11 is 0. The molecule has 4 rings (SSSR count). The summed E-state index contributed by atoms with van der Waals surface area (Å²) in [6.07, 6.45) is 2.64. The number of hydrogen-bond acceptors (Lipinski definition) is 5. The Bertz CT molecular complexity index is 1410. The highest BCUT2D eigenvalue weighted by atomic mass is 32.2. The van der Waals surface area contributed by atoms with Gasteiger partial charge in [-0.25, -0.2) is 13.2 Å². The summed E-state index contributed by atoms with van der Waals surface area (Å²) in [6, 6.07) is 12.0. The van der Waals surface area contributed by atoms with Gasteiger partial charge in [-0.05, 0) is 42.3 Å². The first-order valence-corrected chi connectivity index (χ1v) is 10.8. The monoisotopic (exact) mass is 410 g/mol. The zero-order valence-corrected chi connectivity index (χ0v) is 16.6. The van der Waals surface area contributed by atoms with Gasteiger partial charge in [0.2, 0.25) is 0 Å². The molecule has 0 amide bonds. The molecule has 2 aromatic heterocycles. The number of pyridine rings is 1. The van der Waals surface area contributed by atoms with E-state index in [0.29, 0.717) is 27.4 Å². The van der Waals surface area contributed by atoms with E-state index in [1.165, 1.54) is 6.20 Å². The van der Waals surface area contributed by atoms with Crippen LogP contribution in [0, 0.1) is 0 Å². The summed E-state index contributed by atoms with van der Waals surface area (Å²) < 4.78 is 28.5. The molecule has 0 saturated heterocycles. The van der Waals surface area contributed by atoms with E-state index < -0.39 is 15.8 Å². The second kappa shape index (κ2) is 6.89. The molecule has 29 heavy (non-hydrogen) atoms. The highest BCUT2D eigenvalue weighted by Gasteiger charge is 2.18. The van der Waals surface area contributed by atoms with Gasteiger partial charge in [0.05, 0.1) is 17.1 Å². The van der Waals surface area contributed by atoms with Crippen molar-refractivity contribution in [1.82, 2.24) is 9.97 Å². The lowest BCUT2D eigenvalue weighted by Crippen LogP contribution is -2.08. The van der Waals surface area contributed by atoms with E-state index in [0.717, 1.165) is 17.4 Å². The summed E-state index contributed by atoms with van der Waals surface area (Å²) in [5, 5.41) is 1.19. The minimum absolute atomic E-state index is 0.227. The molecule has 7 nitrogen and oxygen atoms in total. The van der Waals surface area contributed by atoms with Crippen LogP contribution in [0.3, 0.4) is 0 Å². The number of ether oxygens (including phenoxy) is 1. The molecule has 8 heteroatoms. The lowest BCUT2D eigenvalue weighted by Gasteiger charge is -2.08. The van der Waals surface area contributed by atoms with Gasteiger partial charge in [-0.15, -0.1) is 0 Å². The smallest absolute Gasteiger partial charge is 0.340 e. The number of H-pyrrole nitrogens is 2. The van der Waals surface area contributed by atoms with E-state index in [1.54, 1.807) is 37.3 Å². The summed E-state index contributed by atoms with van der Waals surface area (Å²) in [4.78, 5) is 30.6. The second-order valence-corrected chi connectivity index (χ2v) is 8.70. The fourth-order valence-corrected chi connectivity index (χ4v) is 4.00. The van der Waals surface area contributed by atoms with Crippen LogP contribution in [0.1, 0.15) is 17.3 Å². The van der Waals surface area contributed by atoms with Crippen molar-refractivity contribution in [2.24, 2.45) is 0 Å². The molecule has 4 aromatic rings. The zero-order chi connectivity index (χ0) is 20.8. The van der Waals surface area contributed by atoms with Crippen LogP contribution in [0.2, 0.25) is 0 Å². The van der Waals surface area contributed by atoms with Gasteiger partial charge < -0.3 is 14.7 Å². The van der Waals surface area contributed by atoms with E-state index in [4.69, 9.17) is 4.74 Å². The Labute approximate surface area is 166 Å². The van der Waals surface area contributed by atoms with E-state index in [2.05, 4.69) is 9.97 Å². The molecule has 0 bridgehead atoms. The van der Waals surface area contributed by atoms with Crippen LogP contribution in [0.4, 0.5) is 0 Å². The normalized spacial score (nSPS) is 11.8. The zero-order valence-electron chi connectivity index (χ0n) is 15.8. The number of carbonyl (C=O) groups excluding carboxylic acids is 1. The molecule has 0 fully saturated rings. The molecular weight excluding hydrogens is 392 g/mol. The molecule has 0 unspecified atom stereocenters. The van der Waals surface area contributed by atoms with E-state index in [1.807, 2.05) is 12.1 Å². The van der Waals surface area contributed by atoms with Crippen LogP contribution in [-0.2, 0) is 14.6 Å². The average molecular weight is 410 g/mol. The van der Waals surface area contributed by atoms with Crippen LogP contribution >= 0.6 is 0 Å². The van der Waals surface area contributed by atoms with Crippen LogP contribution in [0.5, 0.6) is 0 Å².